The maximum atomic E-state index is 12.4. The third-order valence-corrected chi connectivity index (χ3v) is 5.37. The van der Waals surface area contributed by atoms with Gasteiger partial charge in [0.2, 0.25) is 5.16 Å². The minimum Gasteiger partial charge on any atom is -0.298 e. The van der Waals surface area contributed by atoms with Gasteiger partial charge in [-0.05, 0) is 48.7 Å². The molecule has 6 heteroatoms. The van der Waals surface area contributed by atoms with Gasteiger partial charge >= 0.3 is 0 Å². The van der Waals surface area contributed by atoms with E-state index in [1.165, 1.54) is 36.6 Å². The summed E-state index contributed by atoms with van der Waals surface area (Å²) in [4.78, 5) is 12.4. The molecule has 1 aromatic heterocycles. The van der Waals surface area contributed by atoms with E-state index in [1.807, 2.05) is 19.1 Å². The number of Topliss-reactive ketones (excluding diaryl/α,β-unsaturated/α-hetero) is 1. The highest BCUT2D eigenvalue weighted by Gasteiger charge is 2.22. The lowest BCUT2D eigenvalue weighted by Gasteiger charge is -2.19. The van der Waals surface area contributed by atoms with Crippen molar-refractivity contribution in [1.29, 1.82) is 0 Å². The monoisotopic (exact) mass is 330 g/mol. The van der Waals surface area contributed by atoms with E-state index in [-0.39, 0.29) is 5.92 Å². The summed E-state index contributed by atoms with van der Waals surface area (Å²) in [6.07, 6.45) is 5.72. The first-order valence-corrected chi connectivity index (χ1v) is 9.15. The van der Waals surface area contributed by atoms with Crippen molar-refractivity contribution in [1.82, 2.24) is 20.2 Å². The van der Waals surface area contributed by atoms with Gasteiger partial charge in [0.15, 0.2) is 0 Å². The van der Waals surface area contributed by atoms with Crippen LogP contribution in [0.3, 0.4) is 0 Å². The largest absolute Gasteiger partial charge is 0.298 e. The van der Waals surface area contributed by atoms with Crippen LogP contribution in [0.25, 0.3) is 5.69 Å². The number of rotatable bonds is 5. The van der Waals surface area contributed by atoms with E-state index in [9.17, 15) is 4.79 Å². The third kappa shape index (κ3) is 3.80. The normalized spacial score (nSPS) is 15.7. The summed E-state index contributed by atoms with van der Waals surface area (Å²) in [6.45, 7) is 4.11. The summed E-state index contributed by atoms with van der Waals surface area (Å²) in [5.74, 6) is 1.03. The standard InChI is InChI=1S/C17H22N4OS/c1-12-8-9-15(13(2)10-12)21-17(18-19-20-21)23-11-16(22)14-6-4-3-5-7-14/h8-10,14H,3-7,11H2,1-2H3. The van der Waals surface area contributed by atoms with Crippen molar-refractivity contribution in [2.24, 2.45) is 5.92 Å². The molecule has 0 amide bonds. The highest BCUT2D eigenvalue weighted by atomic mass is 32.2. The van der Waals surface area contributed by atoms with E-state index in [0.717, 1.165) is 24.1 Å². The van der Waals surface area contributed by atoms with Crippen LogP contribution in [-0.4, -0.2) is 31.7 Å². The van der Waals surface area contributed by atoms with Crippen LogP contribution in [0.1, 0.15) is 43.2 Å². The molecular formula is C17H22N4OS. The van der Waals surface area contributed by atoms with Gasteiger partial charge in [0.05, 0.1) is 11.4 Å². The lowest BCUT2D eigenvalue weighted by atomic mass is 9.87. The predicted octanol–water partition coefficient (Wildman–Crippen LogP) is 3.52. The molecule has 0 radical (unpaired) electrons. The molecule has 0 atom stereocenters. The summed E-state index contributed by atoms with van der Waals surface area (Å²) in [6, 6.07) is 6.18. The highest BCUT2D eigenvalue weighted by Crippen LogP contribution is 2.27. The molecule has 1 aromatic carbocycles. The summed E-state index contributed by atoms with van der Waals surface area (Å²) in [5.41, 5.74) is 3.30. The van der Waals surface area contributed by atoms with Crippen LogP contribution in [0.2, 0.25) is 0 Å². The zero-order valence-corrected chi connectivity index (χ0v) is 14.5. The van der Waals surface area contributed by atoms with E-state index >= 15 is 0 Å². The Balaban J connectivity index is 1.70. The molecule has 0 bridgehead atoms. The quantitative estimate of drug-likeness (QED) is 0.785. The van der Waals surface area contributed by atoms with Crippen LogP contribution < -0.4 is 0 Å². The summed E-state index contributed by atoms with van der Waals surface area (Å²) in [7, 11) is 0. The van der Waals surface area contributed by atoms with Crippen LogP contribution in [-0.2, 0) is 4.79 Å². The Hall–Kier alpha value is -1.69. The van der Waals surface area contributed by atoms with Gasteiger partial charge in [-0.1, -0.05) is 48.7 Å². The molecule has 1 saturated carbocycles. The van der Waals surface area contributed by atoms with Crippen molar-refractivity contribution in [2.45, 2.75) is 51.1 Å². The Kier molecular flexibility index (Phi) is 5.10. The van der Waals surface area contributed by atoms with E-state index in [2.05, 4.69) is 28.5 Å². The highest BCUT2D eigenvalue weighted by molar-refractivity contribution is 7.99. The van der Waals surface area contributed by atoms with Gasteiger partial charge in [0.25, 0.3) is 0 Å². The third-order valence-electron chi connectivity index (χ3n) is 4.43. The SMILES string of the molecule is Cc1ccc(-n2nnnc2SCC(=O)C2CCCCC2)c(C)c1. The number of ketones is 1. The van der Waals surface area contributed by atoms with Crippen LogP contribution >= 0.6 is 11.8 Å². The lowest BCUT2D eigenvalue weighted by molar-refractivity contribution is -0.121. The smallest absolute Gasteiger partial charge is 0.214 e. The maximum absolute atomic E-state index is 12.4. The molecular weight excluding hydrogens is 308 g/mol. The van der Waals surface area contributed by atoms with Crippen molar-refractivity contribution in [3.05, 3.63) is 29.3 Å². The van der Waals surface area contributed by atoms with E-state index in [4.69, 9.17) is 0 Å². The topological polar surface area (TPSA) is 60.7 Å². The van der Waals surface area contributed by atoms with E-state index < -0.39 is 0 Å². The van der Waals surface area contributed by atoms with E-state index in [0.29, 0.717) is 16.7 Å². The minimum atomic E-state index is 0.238. The number of aryl methyl sites for hydroxylation is 2. The molecule has 0 saturated heterocycles. The molecule has 1 aliphatic rings. The molecule has 122 valence electrons. The van der Waals surface area contributed by atoms with Crippen molar-refractivity contribution >= 4 is 17.5 Å². The Bertz CT molecular complexity index is 692. The summed E-state index contributed by atoms with van der Waals surface area (Å²) >= 11 is 1.44. The average molecular weight is 330 g/mol. The van der Waals surface area contributed by atoms with Gasteiger partial charge in [-0.3, -0.25) is 4.79 Å². The number of nitrogens with zero attached hydrogens (tertiary/aromatic N) is 4. The van der Waals surface area contributed by atoms with Gasteiger partial charge < -0.3 is 0 Å². The molecule has 0 spiro atoms. The number of hydrogen-bond acceptors (Lipinski definition) is 5. The van der Waals surface area contributed by atoms with Gasteiger partial charge in [0, 0.05) is 5.92 Å². The lowest BCUT2D eigenvalue weighted by Crippen LogP contribution is -2.19. The molecule has 2 aromatic rings. The van der Waals surface area contributed by atoms with Gasteiger partial charge in [-0.2, -0.15) is 4.68 Å². The fourth-order valence-corrected chi connectivity index (χ4v) is 4.00. The molecule has 5 nitrogen and oxygen atoms in total. The fraction of sp³-hybridized carbons (Fsp3) is 0.529. The van der Waals surface area contributed by atoms with Gasteiger partial charge in [-0.15, -0.1) is 5.10 Å². The number of hydrogen-bond donors (Lipinski definition) is 0. The number of carbonyl (C=O) groups is 1. The molecule has 0 unspecified atom stereocenters. The number of benzene rings is 1. The summed E-state index contributed by atoms with van der Waals surface area (Å²) in [5, 5.41) is 12.6. The molecule has 1 heterocycles. The van der Waals surface area contributed by atoms with E-state index in [1.54, 1.807) is 4.68 Å². The summed E-state index contributed by atoms with van der Waals surface area (Å²) < 4.78 is 1.73. The Labute approximate surface area is 140 Å². The molecule has 1 aliphatic carbocycles. The van der Waals surface area contributed by atoms with Crippen LogP contribution in [0.5, 0.6) is 0 Å². The Morgan fingerprint density at radius 3 is 2.78 bits per heavy atom. The number of carbonyl (C=O) groups excluding carboxylic acids is 1. The number of tetrazole rings is 1. The second-order valence-corrected chi connectivity index (χ2v) is 7.20. The predicted molar refractivity (Wildman–Crippen MR) is 90.9 cm³/mol. The molecule has 1 fully saturated rings. The molecule has 23 heavy (non-hydrogen) atoms. The van der Waals surface area contributed by atoms with Crippen molar-refractivity contribution in [3.63, 3.8) is 0 Å². The maximum Gasteiger partial charge on any atom is 0.214 e. The molecule has 3 rings (SSSR count). The van der Waals surface area contributed by atoms with Crippen molar-refractivity contribution in [3.8, 4) is 5.69 Å². The first-order valence-electron chi connectivity index (χ1n) is 8.16. The fourth-order valence-electron chi connectivity index (χ4n) is 3.14. The second kappa shape index (κ2) is 7.25. The first kappa shape index (κ1) is 16.2. The van der Waals surface area contributed by atoms with Gasteiger partial charge in [0.1, 0.15) is 5.78 Å². The minimum absolute atomic E-state index is 0.238. The Morgan fingerprint density at radius 1 is 1.26 bits per heavy atom. The van der Waals surface area contributed by atoms with Crippen molar-refractivity contribution in [2.75, 3.05) is 5.75 Å². The van der Waals surface area contributed by atoms with Crippen molar-refractivity contribution < 1.29 is 4.79 Å². The number of thioether (sulfide) groups is 1. The second-order valence-electron chi connectivity index (χ2n) is 6.25. The first-order chi connectivity index (χ1) is 11.1. The number of aromatic nitrogens is 4. The Morgan fingerprint density at radius 2 is 2.04 bits per heavy atom. The average Bonchev–Trinajstić information content (AvgIpc) is 3.01. The molecule has 0 N–H and O–H groups in total. The van der Waals surface area contributed by atoms with Crippen LogP contribution in [0.4, 0.5) is 0 Å². The van der Waals surface area contributed by atoms with Gasteiger partial charge in [-0.25, -0.2) is 0 Å². The van der Waals surface area contributed by atoms with Crippen LogP contribution in [0.15, 0.2) is 23.4 Å². The zero-order valence-electron chi connectivity index (χ0n) is 13.7. The molecule has 0 aliphatic heterocycles. The zero-order chi connectivity index (χ0) is 16.2. The van der Waals surface area contributed by atoms with Crippen LogP contribution in [0, 0.1) is 19.8 Å².